The molecule has 12 heavy (non-hydrogen) atoms. The number of nitrogens with zero attached hydrogens (tertiary/aromatic N) is 2. The van der Waals surface area contributed by atoms with Gasteiger partial charge in [-0.3, -0.25) is 4.79 Å². The lowest BCUT2D eigenvalue weighted by Crippen LogP contribution is -2.42. The summed E-state index contributed by atoms with van der Waals surface area (Å²) in [6.07, 6.45) is 0.587. The third-order valence-corrected chi connectivity index (χ3v) is 3.43. The second-order valence-corrected chi connectivity index (χ2v) is 4.49. The largest absolute Gasteiger partial charge is 0.274 e. The highest BCUT2D eigenvalue weighted by molar-refractivity contribution is 7.89. The number of carbonyl (C=O) groups excluding carboxylic acids is 1. The molecule has 5 nitrogen and oxygen atoms in total. The molecule has 1 heterocycles. The molecule has 0 aromatic heterocycles. The summed E-state index contributed by atoms with van der Waals surface area (Å²) < 4.78 is 22.9. The average Bonchev–Trinajstić information content (AvgIpc) is 1.97. The average molecular weight is 188 g/mol. The summed E-state index contributed by atoms with van der Waals surface area (Å²) in [6, 6.07) is 1.65. The zero-order chi connectivity index (χ0) is 9.19. The zero-order valence-corrected chi connectivity index (χ0v) is 7.17. The molecule has 1 saturated heterocycles. The number of rotatable bonds is 1. The van der Waals surface area contributed by atoms with Crippen molar-refractivity contribution in [3.05, 3.63) is 0 Å². The van der Waals surface area contributed by atoms with E-state index in [2.05, 4.69) is 0 Å². The SMILES string of the molecule is N#CCN1C(=O)CCCS1(=O)=O. The molecular formula is C6H8N2O3S. The molecule has 0 aliphatic carbocycles. The molecule has 0 N–H and O–H groups in total. The Hall–Kier alpha value is -1.09. The minimum atomic E-state index is -3.47. The number of hydrogen-bond acceptors (Lipinski definition) is 4. The molecular weight excluding hydrogens is 180 g/mol. The van der Waals surface area contributed by atoms with Gasteiger partial charge in [0.2, 0.25) is 15.9 Å². The molecule has 0 spiro atoms. The van der Waals surface area contributed by atoms with Crippen molar-refractivity contribution < 1.29 is 13.2 Å². The van der Waals surface area contributed by atoms with Crippen LogP contribution in [0.3, 0.4) is 0 Å². The van der Waals surface area contributed by atoms with E-state index >= 15 is 0 Å². The number of sulfonamides is 1. The molecule has 6 heteroatoms. The van der Waals surface area contributed by atoms with Gasteiger partial charge < -0.3 is 0 Å². The van der Waals surface area contributed by atoms with Gasteiger partial charge in [-0.1, -0.05) is 0 Å². The van der Waals surface area contributed by atoms with Crippen LogP contribution in [0.25, 0.3) is 0 Å². The molecule has 0 radical (unpaired) electrons. The summed E-state index contributed by atoms with van der Waals surface area (Å²) in [6.45, 7) is -0.360. The van der Waals surface area contributed by atoms with E-state index in [-0.39, 0.29) is 18.7 Å². The van der Waals surface area contributed by atoms with Crippen molar-refractivity contribution in [2.45, 2.75) is 12.8 Å². The maximum Gasteiger partial charge on any atom is 0.238 e. The van der Waals surface area contributed by atoms with Crippen LogP contribution in [0.5, 0.6) is 0 Å². The van der Waals surface area contributed by atoms with Crippen LogP contribution in [0.2, 0.25) is 0 Å². The second-order valence-electron chi connectivity index (χ2n) is 2.48. The highest BCUT2D eigenvalue weighted by Gasteiger charge is 2.30. The van der Waals surface area contributed by atoms with Gasteiger partial charge in [-0.15, -0.1) is 0 Å². The monoisotopic (exact) mass is 188 g/mol. The normalized spacial score (nSPS) is 21.9. The van der Waals surface area contributed by atoms with Crippen LogP contribution in [0.4, 0.5) is 0 Å². The van der Waals surface area contributed by atoms with Crippen LogP contribution in [0.1, 0.15) is 12.8 Å². The standard InChI is InChI=1S/C6H8N2O3S/c7-3-4-8-6(9)2-1-5-12(8,10)11/h1-2,4-5H2. The molecule has 0 unspecified atom stereocenters. The Morgan fingerprint density at radius 1 is 1.58 bits per heavy atom. The second kappa shape index (κ2) is 3.11. The Bertz CT molecular complexity index is 327. The topological polar surface area (TPSA) is 78.2 Å². The van der Waals surface area contributed by atoms with Gasteiger partial charge >= 0.3 is 0 Å². The van der Waals surface area contributed by atoms with Gasteiger partial charge in [-0.25, -0.2) is 12.7 Å². The molecule has 0 atom stereocenters. The van der Waals surface area contributed by atoms with E-state index < -0.39 is 15.9 Å². The fraction of sp³-hybridized carbons (Fsp3) is 0.667. The van der Waals surface area contributed by atoms with E-state index in [9.17, 15) is 13.2 Å². The summed E-state index contributed by atoms with van der Waals surface area (Å²) in [7, 11) is -3.47. The van der Waals surface area contributed by atoms with Gasteiger partial charge in [-0.05, 0) is 6.42 Å². The van der Waals surface area contributed by atoms with Gasteiger partial charge in [0, 0.05) is 6.42 Å². The first-order valence-corrected chi connectivity index (χ1v) is 5.09. The van der Waals surface area contributed by atoms with Crippen LogP contribution in [0, 0.1) is 11.3 Å². The lowest BCUT2D eigenvalue weighted by Gasteiger charge is -2.23. The number of nitriles is 1. The van der Waals surface area contributed by atoms with Gasteiger partial charge in [0.25, 0.3) is 0 Å². The number of amides is 1. The Morgan fingerprint density at radius 3 is 2.75 bits per heavy atom. The van der Waals surface area contributed by atoms with Gasteiger partial charge in [-0.2, -0.15) is 5.26 Å². The molecule has 1 aliphatic rings. The molecule has 66 valence electrons. The first-order chi connectivity index (χ1) is 5.58. The third kappa shape index (κ3) is 1.56. The first-order valence-electron chi connectivity index (χ1n) is 3.48. The number of carbonyl (C=O) groups is 1. The maximum atomic E-state index is 11.1. The maximum absolute atomic E-state index is 11.1. The van der Waals surface area contributed by atoms with Crippen LogP contribution in [-0.4, -0.2) is 30.9 Å². The summed E-state index contributed by atoms with van der Waals surface area (Å²) in [5.74, 6) is -0.497. The molecule has 0 aromatic carbocycles. The van der Waals surface area contributed by atoms with E-state index in [1.54, 1.807) is 6.07 Å². The predicted octanol–water partition coefficient (Wildman–Crippen LogP) is -0.538. The van der Waals surface area contributed by atoms with Crippen LogP contribution in [0.15, 0.2) is 0 Å². The molecule has 0 aromatic rings. The van der Waals surface area contributed by atoms with E-state index in [1.807, 2.05) is 0 Å². The highest BCUT2D eigenvalue weighted by atomic mass is 32.2. The summed E-state index contributed by atoms with van der Waals surface area (Å²) >= 11 is 0. The molecule has 1 aliphatic heterocycles. The lowest BCUT2D eigenvalue weighted by atomic mass is 10.3. The van der Waals surface area contributed by atoms with Crippen LogP contribution < -0.4 is 0 Å². The Kier molecular flexibility index (Phi) is 2.33. The van der Waals surface area contributed by atoms with Crippen LogP contribution in [-0.2, 0) is 14.8 Å². The van der Waals surface area contributed by atoms with Gasteiger partial charge in [0.15, 0.2) is 0 Å². The Labute approximate surface area is 70.6 Å². The molecule has 1 rings (SSSR count). The number of hydrogen-bond donors (Lipinski definition) is 0. The van der Waals surface area contributed by atoms with Crippen molar-refractivity contribution in [3.63, 3.8) is 0 Å². The molecule has 0 saturated carbocycles. The van der Waals surface area contributed by atoms with E-state index in [4.69, 9.17) is 5.26 Å². The van der Waals surface area contributed by atoms with E-state index in [0.29, 0.717) is 10.7 Å². The third-order valence-electron chi connectivity index (χ3n) is 1.62. The quantitative estimate of drug-likeness (QED) is 0.518. The van der Waals surface area contributed by atoms with Gasteiger partial charge in [0.1, 0.15) is 6.54 Å². The van der Waals surface area contributed by atoms with Crippen molar-refractivity contribution in [3.8, 4) is 6.07 Å². The van der Waals surface area contributed by atoms with Crippen LogP contribution >= 0.6 is 0 Å². The highest BCUT2D eigenvalue weighted by Crippen LogP contribution is 2.13. The zero-order valence-electron chi connectivity index (χ0n) is 6.36. The van der Waals surface area contributed by atoms with Crippen molar-refractivity contribution >= 4 is 15.9 Å². The summed E-state index contributed by atoms with van der Waals surface area (Å²) in [5.41, 5.74) is 0. The predicted molar refractivity (Wildman–Crippen MR) is 40.3 cm³/mol. The van der Waals surface area contributed by atoms with Crippen molar-refractivity contribution in [1.82, 2.24) is 4.31 Å². The molecule has 0 bridgehead atoms. The Balaban J connectivity index is 2.91. The molecule has 1 amide bonds. The van der Waals surface area contributed by atoms with E-state index in [0.717, 1.165) is 0 Å². The fourth-order valence-corrected chi connectivity index (χ4v) is 2.43. The van der Waals surface area contributed by atoms with Crippen molar-refractivity contribution in [1.29, 1.82) is 5.26 Å². The minimum absolute atomic E-state index is 0.0274. The summed E-state index contributed by atoms with van der Waals surface area (Å²) in [5, 5.41) is 8.26. The smallest absolute Gasteiger partial charge is 0.238 e. The Morgan fingerprint density at radius 2 is 2.25 bits per heavy atom. The van der Waals surface area contributed by atoms with E-state index in [1.165, 1.54) is 0 Å². The van der Waals surface area contributed by atoms with Crippen molar-refractivity contribution in [2.75, 3.05) is 12.3 Å². The first kappa shape index (κ1) is 9.00. The lowest BCUT2D eigenvalue weighted by molar-refractivity contribution is -0.126. The van der Waals surface area contributed by atoms with Crippen molar-refractivity contribution in [2.24, 2.45) is 0 Å². The summed E-state index contributed by atoms with van der Waals surface area (Å²) in [4.78, 5) is 11.0. The van der Waals surface area contributed by atoms with Gasteiger partial charge in [0.05, 0.1) is 11.8 Å². The fourth-order valence-electron chi connectivity index (χ4n) is 1.05. The minimum Gasteiger partial charge on any atom is -0.274 e. The molecule has 1 fully saturated rings.